The molecule has 3 rings (SSSR count). The van der Waals surface area contributed by atoms with Gasteiger partial charge in [-0.3, -0.25) is 4.90 Å². The Hall–Kier alpha value is -1.26. The summed E-state index contributed by atoms with van der Waals surface area (Å²) in [7, 11) is 5.29. The van der Waals surface area contributed by atoms with Gasteiger partial charge in [-0.05, 0) is 49.9 Å². The van der Waals surface area contributed by atoms with Crippen molar-refractivity contribution in [2.75, 3.05) is 34.4 Å². The molecular weight excluding hydrogens is 290 g/mol. The minimum absolute atomic E-state index is 0.371. The van der Waals surface area contributed by atoms with Crippen LogP contribution in [0.4, 0.5) is 0 Å². The van der Waals surface area contributed by atoms with Crippen molar-refractivity contribution in [1.29, 1.82) is 0 Å². The summed E-state index contributed by atoms with van der Waals surface area (Å²) in [5.41, 5.74) is 1.63. The van der Waals surface area contributed by atoms with E-state index in [1.807, 2.05) is 13.2 Å². The molecule has 0 amide bonds. The predicted molar refractivity (Wildman–Crippen MR) is 91.1 cm³/mol. The average Bonchev–Trinajstić information content (AvgIpc) is 2.96. The zero-order valence-corrected chi connectivity index (χ0v) is 14.6. The van der Waals surface area contributed by atoms with Gasteiger partial charge in [0.05, 0.1) is 20.3 Å². The molecule has 1 aliphatic heterocycles. The lowest BCUT2D eigenvalue weighted by molar-refractivity contribution is -0.0366. The van der Waals surface area contributed by atoms with Gasteiger partial charge in [-0.1, -0.05) is 6.42 Å². The van der Waals surface area contributed by atoms with Crippen molar-refractivity contribution >= 4 is 0 Å². The largest absolute Gasteiger partial charge is 0.497 e. The van der Waals surface area contributed by atoms with E-state index in [1.54, 1.807) is 14.2 Å². The van der Waals surface area contributed by atoms with E-state index in [0.717, 1.165) is 31.1 Å². The van der Waals surface area contributed by atoms with Crippen LogP contribution in [0.2, 0.25) is 0 Å². The number of nitrogens with zero attached hydrogens (tertiary/aromatic N) is 1. The molecule has 1 saturated heterocycles. The van der Waals surface area contributed by atoms with E-state index in [9.17, 15) is 0 Å². The lowest BCUT2D eigenvalue weighted by Gasteiger charge is -2.43. The number of likely N-dealkylation sites (tertiary alicyclic amines) is 1. The van der Waals surface area contributed by atoms with Crippen LogP contribution in [0.15, 0.2) is 18.2 Å². The monoisotopic (exact) mass is 319 g/mol. The highest BCUT2D eigenvalue weighted by atomic mass is 16.5. The molecule has 1 spiro atoms. The standard InChI is InChI=1S/C19H29NO3/c1-21-16-10-15(11-17(12-16)22-2)13-20-9-5-8-19(14-20)7-4-6-18(19)23-3/h10-12,18H,4-9,13-14H2,1-3H3/t18-,19+/m1/s1. The number of benzene rings is 1. The molecule has 128 valence electrons. The van der Waals surface area contributed by atoms with E-state index in [2.05, 4.69) is 17.0 Å². The zero-order valence-electron chi connectivity index (χ0n) is 14.6. The van der Waals surface area contributed by atoms with Crippen LogP contribution >= 0.6 is 0 Å². The van der Waals surface area contributed by atoms with Crippen molar-refractivity contribution < 1.29 is 14.2 Å². The highest BCUT2D eigenvalue weighted by Gasteiger charge is 2.45. The first-order valence-electron chi connectivity index (χ1n) is 8.66. The lowest BCUT2D eigenvalue weighted by Crippen LogP contribution is -2.47. The van der Waals surface area contributed by atoms with Crippen molar-refractivity contribution in [3.05, 3.63) is 23.8 Å². The fraction of sp³-hybridized carbons (Fsp3) is 0.684. The summed E-state index contributed by atoms with van der Waals surface area (Å²) in [6.07, 6.45) is 6.84. The first kappa shape index (κ1) is 16.6. The van der Waals surface area contributed by atoms with Gasteiger partial charge in [0, 0.05) is 31.7 Å². The molecule has 0 bridgehead atoms. The highest BCUT2D eigenvalue weighted by Crippen LogP contribution is 2.46. The van der Waals surface area contributed by atoms with Gasteiger partial charge in [0.25, 0.3) is 0 Å². The van der Waals surface area contributed by atoms with Gasteiger partial charge < -0.3 is 14.2 Å². The first-order valence-corrected chi connectivity index (χ1v) is 8.66. The van der Waals surface area contributed by atoms with Crippen molar-refractivity contribution in [2.24, 2.45) is 5.41 Å². The van der Waals surface area contributed by atoms with Crippen LogP contribution in [0.5, 0.6) is 11.5 Å². The summed E-state index contributed by atoms with van der Waals surface area (Å²) in [5, 5.41) is 0. The molecule has 2 fully saturated rings. The third kappa shape index (κ3) is 3.48. The second kappa shape index (κ2) is 7.10. The van der Waals surface area contributed by atoms with Crippen LogP contribution in [0.3, 0.4) is 0 Å². The molecule has 0 unspecified atom stereocenters. The van der Waals surface area contributed by atoms with Crippen LogP contribution in [0.25, 0.3) is 0 Å². The minimum Gasteiger partial charge on any atom is -0.497 e. The van der Waals surface area contributed by atoms with E-state index in [4.69, 9.17) is 14.2 Å². The maximum Gasteiger partial charge on any atom is 0.122 e. The van der Waals surface area contributed by atoms with E-state index in [1.165, 1.54) is 37.7 Å². The number of methoxy groups -OCH3 is 3. The summed E-state index contributed by atoms with van der Waals surface area (Å²) >= 11 is 0. The normalized spacial score (nSPS) is 28.2. The highest BCUT2D eigenvalue weighted by molar-refractivity contribution is 5.38. The SMILES string of the molecule is COc1cc(CN2CCC[C@@]3(CCC[C@H]3OC)C2)cc(OC)c1. The second-order valence-corrected chi connectivity index (χ2v) is 7.01. The zero-order chi connectivity index (χ0) is 16.3. The smallest absolute Gasteiger partial charge is 0.122 e. The van der Waals surface area contributed by atoms with E-state index >= 15 is 0 Å². The Balaban J connectivity index is 1.73. The summed E-state index contributed by atoms with van der Waals surface area (Å²) in [6.45, 7) is 3.26. The molecule has 1 aromatic carbocycles. The Bertz CT molecular complexity index is 511. The van der Waals surface area contributed by atoms with E-state index in [0.29, 0.717) is 11.5 Å². The van der Waals surface area contributed by atoms with E-state index in [-0.39, 0.29) is 0 Å². The minimum atomic E-state index is 0.371. The molecule has 2 aliphatic rings. The fourth-order valence-electron chi connectivity index (χ4n) is 4.55. The predicted octanol–water partition coefficient (Wildman–Crippen LogP) is 3.48. The lowest BCUT2D eigenvalue weighted by atomic mass is 9.76. The molecule has 1 heterocycles. The van der Waals surface area contributed by atoms with Crippen LogP contribution in [0, 0.1) is 5.41 Å². The van der Waals surface area contributed by atoms with Gasteiger partial charge in [-0.2, -0.15) is 0 Å². The molecule has 0 radical (unpaired) electrons. The number of piperidine rings is 1. The molecule has 4 nitrogen and oxygen atoms in total. The average molecular weight is 319 g/mol. The Morgan fingerprint density at radius 2 is 1.74 bits per heavy atom. The van der Waals surface area contributed by atoms with Gasteiger partial charge >= 0.3 is 0 Å². The summed E-state index contributed by atoms with van der Waals surface area (Å²) in [6, 6.07) is 6.16. The Morgan fingerprint density at radius 1 is 1.04 bits per heavy atom. The van der Waals surface area contributed by atoms with E-state index < -0.39 is 0 Å². The van der Waals surface area contributed by atoms with Crippen LogP contribution in [0.1, 0.15) is 37.7 Å². The first-order chi connectivity index (χ1) is 11.2. The van der Waals surface area contributed by atoms with Crippen LogP contribution in [-0.4, -0.2) is 45.4 Å². The molecule has 1 aromatic rings. The maximum atomic E-state index is 5.81. The number of rotatable bonds is 5. The second-order valence-electron chi connectivity index (χ2n) is 7.01. The third-order valence-electron chi connectivity index (χ3n) is 5.61. The van der Waals surface area contributed by atoms with Crippen molar-refractivity contribution in [1.82, 2.24) is 4.90 Å². The summed E-state index contributed by atoms with van der Waals surface area (Å²) < 4.78 is 16.6. The third-order valence-corrected chi connectivity index (χ3v) is 5.61. The molecule has 4 heteroatoms. The molecule has 0 aromatic heterocycles. The topological polar surface area (TPSA) is 30.9 Å². The molecular formula is C19H29NO3. The quantitative estimate of drug-likeness (QED) is 0.831. The van der Waals surface area contributed by atoms with Crippen molar-refractivity contribution in [3.8, 4) is 11.5 Å². The number of hydrogen-bond donors (Lipinski definition) is 0. The van der Waals surface area contributed by atoms with Crippen molar-refractivity contribution in [2.45, 2.75) is 44.8 Å². The van der Waals surface area contributed by atoms with Gasteiger partial charge in [-0.15, -0.1) is 0 Å². The summed E-state index contributed by atoms with van der Waals surface area (Å²) in [5.74, 6) is 1.73. The van der Waals surface area contributed by atoms with Crippen LogP contribution < -0.4 is 9.47 Å². The Kier molecular flexibility index (Phi) is 5.12. The molecule has 23 heavy (non-hydrogen) atoms. The molecule has 2 atom stereocenters. The number of ether oxygens (including phenoxy) is 3. The molecule has 1 aliphatic carbocycles. The Labute approximate surface area is 139 Å². The van der Waals surface area contributed by atoms with Gasteiger partial charge in [0.15, 0.2) is 0 Å². The summed E-state index contributed by atoms with van der Waals surface area (Å²) in [4.78, 5) is 2.58. The van der Waals surface area contributed by atoms with Crippen molar-refractivity contribution in [3.63, 3.8) is 0 Å². The van der Waals surface area contributed by atoms with Gasteiger partial charge in [-0.25, -0.2) is 0 Å². The van der Waals surface area contributed by atoms with Crippen LogP contribution in [-0.2, 0) is 11.3 Å². The maximum absolute atomic E-state index is 5.81. The number of hydrogen-bond acceptors (Lipinski definition) is 4. The van der Waals surface area contributed by atoms with Gasteiger partial charge in [0.2, 0.25) is 0 Å². The molecule has 1 saturated carbocycles. The Morgan fingerprint density at radius 3 is 2.39 bits per heavy atom. The fourth-order valence-corrected chi connectivity index (χ4v) is 4.55. The molecule has 0 N–H and O–H groups in total. The van der Waals surface area contributed by atoms with Gasteiger partial charge in [0.1, 0.15) is 11.5 Å².